The monoisotopic (exact) mass is 243 g/mol. The Bertz CT molecular complexity index is 685. The fraction of sp³-hybridized carbons (Fsp3) is 0.0714. The smallest absolute Gasteiger partial charge is 0.308 e. The molecule has 0 bridgehead atoms. The molecule has 0 fully saturated rings. The highest BCUT2D eigenvalue weighted by atomic mass is 16.5. The first-order chi connectivity index (χ1) is 8.54. The molecule has 0 saturated heterocycles. The van der Waals surface area contributed by atoms with Gasteiger partial charge in [0.1, 0.15) is 11.5 Å². The summed E-state index contributed by atoms with van der Waals surface area (Å²) in [5.41, 5.74) is 0.811. The van der Waals surface area contributed by atoms with Gasteiger partial charge in [-0.3, -0.25) is 4.79 Å². The van der Waals surface area contributed by atoms with Crippen LogP contribution in [0, 0.1) is 0 Å². The van der Waals surface area contributed by atoms with Crippen molar-refractivity contribution in [3.8, 4) is 11.5 Å². The van der Waals surface area contributed by atoms with E-state index < -0.39 is 0 Å². The van der Waals surface area contributed by atoms with Crippen LogP contribution in [0.2, 0.25) is 0 Å². The fourth-order valence-electron chi connectivity index (χ4n) is 1.63. The second kappa shape index (κ2) is 4.79. The summed E-state index contributed by atoms with van der Waals surface area (Å²) in [7, 11) is 0. The third kappa shape index (κ3) is 2.79. The van der Waals surface area contributed by atoms with Gasteiger partial charge in [-0.2, -0.15) is 0 Å². The van der Waals surface area contributed by atoms with Crippen LogP contribution < -0.4 is 15.4 Å². The molecule has 1 heterocycles. The summed E-state index contributed by atoms with van der Waals surface area (Å²) < 4.78 is 4.98. The minimum Gasteiger partial charge on any atom is -0.506 e. The molecule has 1 aromatic heterocycles. The van der Waals surface area contributed by atoms with Crippen molar-refractivity contribution in [1.29, 1.82) is 0 Å². The number of aromatic amines is 1. The van der Waals surface area contributed by atoms with Crippen molar-refractivity contribution in [3.63, 3.8) is 0 Å². The maximum Gasteiger partial charge on any atom is 0.308 e. The van der Waals surface area contributed by atoms with E-state index in [0.29, 0.717) is 16.4 Å². The summed E-state index contributed by atoms with van der Waals surface area (Å²) in [6.45, 7) is 5.05. The third-order valence-corrected chi connectivity index (χ3v) is 2.31. The van der Waals surface area contributed by atoms with Crippen LogP contribution in [0.1, 0.15) is 12.5 Å². The molecule has 4 nitrogen and oxygen atoms in total. The molecule has 0 atom stereocenters. The summed E-state index contributed by atoms with van der Waals surface area (Å²) in [6, 6.07) is 8.57. The SMILES string of the molecule is C=c1cc(O)/c(=C/c2cccc(OC(C)=O)c2)[nH]1. The highest BCUT2D eigenvalue weighted by Gasteiger charge is 1.99. The van der Waals surface area contributed by atoms with Crippen LogP contribution in [0.5, 0.6) is 11.5 Å². The van der Waals surface area contributed by atoms with Crippen LogP contribution >= 0.6 is 0 Å². The second-order valence-electron chi connectivity index (χ2n) is 3.90. The van der Waals surface area contributed by atoms with Crippen molar-refractivity contribution in [1.82, 2.24) is 4.98 Å². The van der Waals surface area contributed by atoms with Gasteiger partial charge in [0, 0.05) is 18.3 Å². The molecule has 0 unspecified atom stereocenters. The van der Waals surface area contributed by atoms with E-state index in [4.69, 9.17) is 4.74 Å². The Morgan fingerprint density at radius 2 is 2.22 bits per heavy atom. The quantitative estimate of drug-likeness (QED) is 0.608. The summed E-state index contributed by atoms with van der Waals surface area (Å²) in [5, 5.41) is 10.8. The lowest BCUT2D eigenvalue weighted by molar-refractivity contribution is -0.131. The van der Waals surface area contributed by atoms with Crippen LogP contribution in [0.4, 0.5) is 0 Å². The van der Waals surface area contributed by atoms with Gasteiger partial charge >= 0.3 is 5.97 Å². The molecule has 0 amide bonds. The van der Waals surface area contributed by atoms with Gasteiger partial charge in [-0.05, 0) is 23.8 Å². The molecule has 4 heteroatoms. The van der Waals surface area contributed by atoms with E-state index >= 15 is 0 Å². The predicted octanol–water partition coefficient (Wildman–Crippen LogP) is 0.885. The molecule has 18 heavy (non-hydrogen) atoms. The maximum absolute atomic E-state index is 10.9. The molecular formula is C14H13NO3. The van der Waals surface area contributed by atoms with E-state index in [0.717, 1.165) is 5.56 Å². The zero-order chi connectivity index (χ0) is 13.1. The lowest BCUT2D eigenvalue weighted by atomic mass is 10.2. The minimum absolute atomic E-state index is 0.137. The Morgan fingerprint density at radius 1 is 1.44 bits per heavy atom. The topological polar surface area (TPSA) is 62.3 Å². The van der Waals surface area contributed by atoms with E-state index in [1.54, 1.807) is 30.3 Å². The van der Waals surface area contributed by atoms with Gasteiger partial charge in [0.05, 0.1) is 5.35 Å². The van der Waals surface area contributed by atoms with E-state index in [1.807, 2.05) is 6.07 Å². The number of nitrogens with one attached hydrogen (secondary N) is 1. The molecule has 0 radical (unpaired) electrons. The van der Waals surface area contributed by atoms with Crippen LogP contribution in [-0.2, 0) is 4.79 Å². The lowest BCUT2D eigenvalue weighted by Crippen LogP contribution is -2.08. The Hall–Kier alpha value is -2.49. The number of aromatic nitrogens is 1. The number of aromatic hydroxyl groups is 1. The standard InChI is InChI=1S/C14H13NO3/c1-9-6-14(17)13(15-9)8-11-4-3-5-12(7-11)18-10(2)16/h3-8,15,17H,1H2,2H3/b13-8-. The van der Waals surface area contributed by atoms with Gasteiger partial charge in [-0.1, -0.05) is 18.7 Å². The molecule has 2 aromatic rings. The van der Waals surface area contributed by atoms with Gasteiger partial charge in [0.25, 0.3) is 0 Å². The largest absolute Gasteiger partial charge is 0.506 e. The Kier molecular flexibility index (Phi) is 3.19. The van der Waals surface area contributed by atoms with Gasteiger partial charge in [0.2, 0.25) is 0 Å². The van der Waals surface area contributed by atoms with Crippen molar-refractivity contribution < 1.29 is 14.6 Å². The lowest BCUT2D eigenvalue weighted by Gasteiger charge is -2.01. The number of ether oxygens (including phenoxy) is 1. The number of esters is 1. The number of benzene rings is 1. The van der Waals surface area contributed by atoms with Crippen LogP contribution in [-0.4, -0.2) is 16.1 Å². The first-order valence-corrected chi connectivity index (χ1v) is 5.42. The van der Waals surface area contributed by atoms with Crippen LogP contribution in [0.25, 0.3) is 12.7 Å². The van der Waals surface area contributed by atoms with Crippen molar-refractivity contribution in [2.75, 3.05) is 0 Å². The molecule has 0 aliphatic carbocycles. The highest BCUT2D eigenvalue weighted by molar-refractivity contribution is 5.69. The summed E-state index contributed by atoms with van der Waals surface area (Å²) in [5.74, 6) is 0.241. The summed E-state index contributed by atoms with van der Waals surface area (Å²) >= 11 is 0. The van der Waals surface area contributed by atoms with Crippen LogP contribution in [0.15, 0.2) is 30.3 Å². The van der Waals surface area contributed by atoms with E-state index in [1.165, 1.54) is 6.92 Å². The zero-order valence-corrected chi connectivity index (χ0v) is 9.93. The predicted molar refractivity (Wildman–Crippen MR) is 68.5 cm³/mol. The van der Waals surface area contributed by atoms with Crippen molar-refractivity contribution in [2.24, 2.45) is 0 Å². The molecule has 0 aliphatic rings. The van der Waals surface area contributed by atoms with Crippen LogP contribution in [0.3, 0.4) is 0 Å². The summed E-state index contributed by atoms with van der Waals surface area (Å²) in [4.78, 5) is 13.8. The molecule has 1 aromatic carbocycles. The van der Waals surface area contributed by atoms with E-state index in [9.17, 15) is 9.90 Å². The number of H-pyrrole nitrogens is 1. The molecule has 0 saturated carbocycles. The summed E-state index contributed by atoms with van der Waals surface area (Å²) in [6.07, 6.45) is 1.75. The number of carbonyl (C=O) groups is 1. The average Bonchev–Trinajstić information content (AvgIpc) is 2.57. The fourth-order valence-corrected chi connectivity index (χ4v) is 1.63. The zero-order valence-electron chi connectivity index (χ0n) is 9.93. The van der Waals surface area contributed by atoms with Gasteiger partial charge in [-0.25, -0.2) is 0 Å². The van der Waals surface area contributed by atoms with Gasteiger partial charge in [0.15, 0.2) is 0 Å². The average molecular weight is 243 g/mol. The molecule has 92 valence electrons. The van der Waals surface area contributed by atoms with Gasteiger partial charge in [-0.15, -0.1) is 0 Å². The second-order valence-corrected chi connectivity index (χ2v) is 3.90. The number of carbonyl (C=O) groups excluding carboxylic acids is 1. The molecule has 2 rings (SSSR count). The first kappa shape index (κ1) is 12.0. The van der Waals surface area contributed by atoms with E-state index in [-0.39, 0.29) is 11.7 Å². The Labute approximate surface area is 104 Å². The van der Waals surface area contributed by atoms with Crippen molar-refractivity contribution in [3.05, 3.63) is 46.6 Å². The Morgan fingerprint density at radius 3 is 2.83 bits per heavy atom. The number of hydrogen-bond acceptors (Lipinski definition) is 3. The molecule has 0 aliphatic heterocycles. The van der Waals surface area contributed by atoms with Crippen molar-refractivity contribution in [2.45, 2.75) is 6.92 Å². The Balaban J connectivity index is 2.40. The van der Waals surface area contributed by atoms with Crippen molar-refractivity contribution >= 4 is 18.6 Å². The molecule has 2 N–H and O–H groups in total. The van der Waals surface area contributed by atoms with E-state index in [2.05, 4.69) is 11.6 Å². The highest BCUT2D eigenvalue weighted by Crippen LogP contribution is 2.14. The first-order valence-electron chi connectivity index (χ1n) is 5.42. The number of hydrogen-bond donors (Lipinski definition) is 2. The molecule has 0 spiro atoms. The van der Waals surface area contributed by atoms with Gasteiger partial charge < -0.3 is 14.8 Å². The normalized spacial score (nSPS) is 11.5. The number of rotatable bonds is 2. The molecular weight excluding hydrogens is 230 g/mol. The third-order valence-electron chi connectivity index (χ3n) is 2.31. The maximum atomic E-state index is 10.9. The minimum atomic E-state index is -0.366.